The number of hydrogen-bond acceptors (Lipinski definition) is 4. The predicted molar refractivity (Wildman–Crippen MR) is 97.9 cm³/mol. The van der Waals surface area contributed by atoms with E-state index in [1.54, 1.807) is 18.4 Å². The molecule has 2 aliphatic heterocycles. The molecule has 134 valence electrons. The number of rotatable bonds is 4. The number of amides is 2. The standard InChI is InChI=1S/C21H22N2O3/c1-14-7-8-16(12-15(14)2)18-19(22-9-3-4-10-22)21(25)23(20(18)24)13-17-6-5-11-26-17/h5-8,11-12H,3-4,9-10,13H2,1-2H3. The van der Waals surface area contributed by atoms with Crippen LogP contribution in [0.3, 0.4) is 0 Å². The fourth-order valence-electron chi connectivity index (χ4n) is 3.66. The van der Waals surface area contributed by atoms with Crippen molar-refractivity contribution in [2.24, 2.45) is 0 Å². The minimum atomic E-state index is -0.239. The lowest BCUT2D eigenvalue weighted by molar-refractivity contribution is -0.138. The van der Waals surface area contributed by atoms with Crippen LogP contribution in [0.2, 0.25) is 0 Å². The summed E-state index contributed by atoms with van der Waals surface area (Å²) >= 11 is 0. The molecule has 0 N–H and O–H groups in total. The number of hydrogen-bond donors (Lipinski definition) is 0. The van der Waals surface area contributed by atoms with Crippen molar-refractivity contribution in [1.82, 2.24) is 9.80 Å². The van der Waals surface area contributed by atoms with Gasteiger partial charge in [-0.2, -0.15) is 0 Å². The molecule has 0 unspecified atom stereocenters. The smallest absolute Gasteiger partial charge is 0.278 e. The average Bonchev–Trinajstić information content (AvgIpc) is 3.35. The van der Waals surface area contributed by atoms with Crippen LogP contribution in [0.15, 0.2) is 46.7 Å². The summed E-state index contributed by atoms with van der Waals surface area (Å²) in [5, 5.41) is 0. The highest BCUT2D eigenvalue weighted by Crippen LogP contribution is 2.34. The molecule has 0 radical (unpaired) electrons. The maximum atomic E-state index is 13.2. The molecular weight excluding hydrogens is 328 g/mol. The normalized spacial score (nSPS) is 17.8. The largest absolute Gasteiger partial charge is 0.467 e. The van der Waals surface area contributed by atoms with Crippen molar-refractivity contribution in [3.8, 4) is 0 Å². The van der Waals surface area contributed by atoms with Gasteiger partial charge in [0.2, 0.25) is 0 Å². The topological polar surface area (TPSA) is 53.8 Å². The van der Waals surface area contributed by atoms with E-state index >= 15 is 0 Å². The van der Waals surface area contributed by atoms with Gasteiger partial charge in [0.25, 0.3) is 11.8 Å². The van der Waals surface area contributed by atoms with Crippen LogP contribution in [0.5, 0.6) is 0 Å². The number of furan rings is 1. The molecule has 1 saturated heterocycles. The third kappa shape index (κ3) is 2.73. The molecule has 0 spiro atoms. The lowest BCUT2D eigenvalue weighted by atomic mass is 9.99. The van der Waals surface area contributed by atoms with E-state index in [1.165, 1.54) is 10.5 Å². The molecule has 3 heterocycles. The van der Waals surface area contributed by atoms with Gasteiger partial charge in [-0.3, -0.25) is 14.5 Å². The van der Waals surface area contributed by atoms with Crippen LogP contribution in [0.1, 0.15) is 35.3 Å². The number of carbonyl (C=O) groups excluding carboxylic acids is 2. The molecule has 1 fully saturated rings. The first-order chi connectivity index (χ1) is 12.6. The van der Waals surface area contributed by atoms with Gasteiger partial charge in [0.15, 0.2) is 0 Å². The van der Waals surface area contributed by atoms with Crippen molar-refractivity contribution < 1.29 is 14.0 Å². The molecule has 26 heavy (non-hydrogen) atoms. The Labute approximate surface area is 152 Å². The lowest BCUT2D eigenvalue weighted by Crippen LogP contribution is -2.33. The number of aryl methyl sites for hydroxylation is 2. The summed E-state index contributed by atoms with van der Waals surface area (Å²) in [6, 6.07) is 9.49. The van der Waals surface area contributed by atoms with Crippen LogP contribution < -0.4 is 0 Å². The summed E-state index contributed by atoms with van der Waals surface area (Å²) in [5.41, 5.74) is 4.16. The molecular formula is C21H22N2O3. The monoisotopic (exact) mass is 350 g/mol. The Hall–Kier alpha value is -2.82. The summed E-state index contributed by atoms with van der Waals surface area (Å²) in [5.74, 6) is 0.145. The quantitative estimate of drug-likeness (QED) is 0.794. The van der Waals surface area contributed by atoms with Crippen LogP contribution in [0, 0.1) is 13.8 Å². The molecule has 0 atom stereocenters. The van der Waals surface area contributed by atoms with Gasteiger partial charge < -0.3 is 9.32 Å². The van der Waals surface area contributed by atoms with Gasteiger partial charge in [0.1, 0.15) is 11.5 Å². The number of nitrogens with zero attached hydrogens (tertiary/aromatic N) is 2. The summed E-state index contributed by atoms with van der Waals surface area (Å²) in [7, 11) is 0. The maximum absolute atomic E-state index is 13.2. The Morgan fingerprint density at radius 2 is 1.77 bits per heavy atom. The van der Waals surface area contributed by atoms with Gasteiger partial charge in [0, 0.05) is 13.1 Å². The molecule has 5 heteroatoms. The first-order valence-corrected chi connectivity index (χ1v) is 9.01. The second-order valence-electron chi connectivity index (χ2n) is 6.99. The highest BCUT2D eigenvalue weighted by atomic mass is 16.3. The molecule has 0 saturated carbocycles. The van der Waals surface area contributed by atoms with E-state index in [9.17, 15) is 9.59 Å². The Kier molecular flexibility index (Phi) is 4.15. The molecule has 1 aromatic heterocycles. The van der Waals surface area contributed by atoms with E-state index in [2.05, 4.69) is 4.90 Å². The number of imide groups is 1. The second-order valence-corrected chi connectivity index (χ2v) is 6.99. The zero-order chi connectivity index (χ0) is 18.3. The second kappa shape index (κ2) is 6.48. The maximum Gasteiger partial charge on any atom is 0.278 e. The Balaban J connectivity index is 1.78. The minimum Gasteiger partial charge on any atom is -0.467 e. The first kappa shape index (κ1) is 16.6. The highest BCUT2D eigenvalue weighted by molar-refractivity contribution is 6.35. The van der Waals surface area contributed by atoms with Crippen molar-refractivity contribution in [2.45, 2.75) is 33.2 Å². The summed E-state index contributed by atoms with van der Waals surface area (Å²) in [6.45, 7) is 5.86. The molecule has 2 aromatic rings. The van der Waals surface area contributed by atoms with E-state index < -0.39 is 0 Å². The zero-order valence-corrected chi connectivity index (χ0v) is 15.1. The number of likely N-dealkylation sites (tertiary alicyclic amines) is 1. The Morgan fingerprint density at radius 3 is 2.42 bits per heavy atom. The summed E-state index contributed by atoms with van der Waals surface area (Å²) in [4.78, 5) is 29.7. The Bertz CT molecular complexity index is 890. The summed E-state index contributed by atoms with van der Waals surface area (Å²) in [6.07, 6.45) is 3.64. The van der Waals surface area contributed by atoms with E-state index in [0.717, 1.165) is 37.1 Å². The van der Waals surface area contributed by atoms with Crippen LogP contribution >= 0.6 is 0 Å². The molecule has 1 aromatic carbocycles. The third-order valence-corrected chi connectivity index (χ3v) is 5.26. The molecule has 4 rings (SSSR count). The van der Waals surface area contributed by atoms with Gasteiger partial charge >= 0.3 is 0 Å². The molecule has 2 amide bonds. The fraction of sp³-hybridized carbons (Fsp3) is 0.333. The minimum absolute atomic E-state index is 0.163. The third-order valence-electron chi connectivity index (χ3n) is 5.26. The van der Waals surface area contributed by atoms with E-state index in [-0.39, 0.29) is 18.4 Å². The van der Waals surface area contributed by atoms with Gasteiger partial charge in [0.05, 0.1) is 18.4 Å². The van der Waals surface area contributed by atoms with E-state index in [4.69, 9.17) is 4.42 Å². The fourth-order valence-corrected chi connectivity index (χ4v) is 3.66. The van der Waals surface area contributed by atoms with Gasteiger partial charge in [-0.15, -0.1) is 0 Å². The zero-order valence-electron chi connectivity index (χ0n) is 15.1. The molecule has 2 aliphatic rings. The van der Waals surface area contributed by atoms with Crippen molar-refractivity contribution in [1.29, 1.82) is 0 Å². The highest BCUT2D eigenvalue weighted by Gasteiger charge is 2.42. The van der Waals surface area contributed by atoms with Gasteiger partial charge in [-0.1, -0.05) is 18.2 Å². The number of benzene rings is 1. The van der Waals surface area contributed by atoms with Crippen LogP contribution in [0.25, 0.3) is 5.57 Å². The molecule has 0 bridgehead atoms. The summed E-state index contributed by atoms with van der Waals surface area (Å²) < 4.78 is 5.35. The van der Waals surface area contributed by atoms with Crippen LogP contribution in [0.4, 0.5) is 0 Å². The molecule has 5 nitrogen and oxygen atoms in total. The van der Waals surface area contributed by atoms with E-state index in [0.29, 0.717) is 17.0 Å². The van der Waals surface area contributed by atoms with Crippen molar-refractivity contribution >= 4 is 17.4 Å². The lowest BCUT2D eigenvalue weighted by Gasteiger charge is -2.20. The number of carbonyl (C=O) groups is 2. The van der Waals surface area contributed by atoms with Crippen molar-refractivity contribution in [2.75, 3.05) is 13.1 Å². The SMILES string of the molecule is Cc1ccc(C2=C(N3CCCC3)C(=O)N(Cc3ccco3)C2=O)cc1C. The van der Waals surface area contributed by atoms with Crippen LogP contribution in [-0.4, -0.2) is 34.7 Å². The first-order valence-electron chi connectivity index (χ1n) is 9.01. The van der Waals surface area contributed by atoms with Gasteiger partial charge in [-0.25, -0.2) is 0 Å². The average molecular weight is 350 g/mol. The van der Waals surface area contributed by atoms with Crippen LogP contribution in [-0.2, 0) is 16.1 Å². The van der Waals surface area contributed by atoms with Gasteiger partial charge in [-0.05, 0) is 55.5 Å². The van der Waals surface area contributed by atoms with Crippen molar-refractivity contribution in [3.63, 3.8) is 0 Å². The molecule has 0 aliphatic carbocycles. The predicted octanol–water partition coefficient (Wildman–Crippen LogP) is 3.27. The van der Waals surface area contributed by atoms with E-state index in [1.807, 2.05) is 32.0 Å². The van der Waals surface area contributed by atoms with Crippen molar-refractivity contribution in [3.05, 3.63) is 64.7 Å². The Morgan fingerprint density at radius 1 is 1.00 bits per heavy atom.